The van der Waals surface area contributed by atoms with Gasteiger partial charge in [0.05, 0.1) is 35.8 Å². The van der Waals surface area contributed by atoms with Gasteiger partial charge in [0.25, 0.3) is 11.8 Å². The molecule has 1 N–H and O–H groups in total. The molecule has 8 nitrogen and oxygen atoms in total. The summed E-state index contributed by atoms with van der Waals surface area (Å²) in [5, 5.41) is 11.3. The van der Waals surface area contributed by atoms with Crippen LogP contribution in [-0.2, 0) is 31.5 Å². The van der Waals surface area contributed by atoms with E-state index in [0.29, 0.717) is 14.3 Å². The highest BCUT2D eigenvalue weighted by molar-refractivity contribution is 9.10. The summed E-state index contributed by atoms with van der Waals surface area (Å²) >= 11 is 17.4. The van der Waals surface area contributed by atoms with Crippen LogP contribution in [0.15, 0.2) is 46.5 Å². The molecule has 3 fully saturated rings. The zero-order valence-corrected chi connectivity index (χ0v) is 27.1. The number of phenolic OH excluding ortho intramolecular Hbond substituents is 1. The first-order valence-electron chi connectivity index (χ1n) is 13.8. The van der Waals surface area contributed by atoms with Gasteiger partial charge in [0, 0.05) is 23.0 Å². The second-order valence-electron chi connectivity index (χ2n) is 11.8. The minimum atomic E-state index is -5.25. The Morgan fingerprint density at radius 1 is 0.915 bits per heavy atom. The van der Waals surface area contributed by atoms with Gasteiger partial charge in [-0.3, -0.25) is 24.1 Å². The number of hydrogen-bond acceptors (Lipinski definition) is 6. The number of rotatable bonds is 3. The number of nitrogens with zero attached hydrogens (tertiary/aromatic N) is 2. The molecule has 2 heterocycles. The number of halogens is 9. The van der Waals surface area contributed by atoms with Crippen molar-refractivity contribution in [2.45, 2.75) is 40.9 Å². The molecular weight excluding hydrogens is 749 g/mol. The van der Waals surface area contributed by atoms with E-state index in [0.717, 1.165) is 7.05 Å². The van der Waals surface area contributed by atoms with Crippen LogP contribution in [0.4, 0.5) is 32.0 Å². The van der Waals surface area contributed by atoms with Crippen LogP contribution < -0.4 is 9.64 Å². The van der Waals surface area contributed by atoms with Crippen LogP contribution >= 0.6 is 39.1 Å². The lowest BCUT2D eigenvalue weighted by Gasteiger charge is -2.50. The number of carbonyl (C=O) groups excluding carboxylic acids is 4. The Kier molecular flexibility index (Phi) is 7.58. The molecule has 2 aromatic carbocycles. The van der Waals surface area contributed by atoms with E-state index in [1.165, 1.54) is 25.3 Å². The second-order valence-corrected chi connectivity index (χ2v) is 14.0. The lowest BCUT2D eigenvalue weighted by Crippen LogP contribution is -2.60. The number of alkyl halides is 8. The first kappa shape index (κ1) is 33.6. The number of likely N-dealkylation sites (tertiary alicyclic amines) is 1. The molecule has 47 heavy (non-hydrogen) atoms. The summed E-state index contributed by atoms with van der Waals surface area (Å²) in [6.45, 7) is 0. The van der Waals surface area contributed by atoms with Gasteiger partial charge in [-0.05, 0) is 49.1 Å². The van der Waals surface area contributed by atoms with Crippen LogP contribution in [0.5, 0.6) is 11.5 Å². The molecule has 6 rings (SSSR count). The van der Waals surface area contributed by atoms with E-state index in [1.54, 1.807) is 0 Å². The molecule has 17 heteroatoms. The Morgan fingerprint density at radius 3 is 2.06 bits per heavy atom. The van der Waals surface area contributed by atoms with Crippen LogP contribution in [0.1, 0.15) is 35.4 Å². The van der Waals surface area contributed by atoms with Gasteiger partial charge in [-0.2, -0.15) is 26.3 Å². The smallest absolute Gasteiger partial charge is 0.416 e. The molecule has 0 bridgehead atoms. The largest absolute Gasteiger partial charge is 0.504 e. The highest BCUT2D eigenvalue weighted by Crippen LogP contribution is 2.66. The predicted molar refractivity (Wildman–Crippen MR) is 157 cm³/mol. The number of carbonyl (C=O) groups is 4. The number of imide groups is 2. The number of allylic oxidation sites excluding steroid dienone is 2. The first-order valence-corrected chi connectivity index (χ1v) is 15.4. The number of benzene rings is 2. The van der Waals surface area contributed by atoms with Crippen molar-refractivity contribution in [1.82, 2.24) is 4.90 Å². The second kappa shape index (κ2) is 10.6. The van der Waals surface area contributed by atoms with Crippen LogP contribution in [0.3, 0.4) is 0 Å². The van der Waals surface area contributed by atoms with Crippen LogP contribution in [-0.4, -0.2) is 57.5 Å². The van der Waals surface area contributed by atoms with Crippen molar-refractivity contribution < 1.29 is 55.4 Å². The molecule has 2 aliphatic carbocycles. The van der Waals surface area contributed by atoms with Crippen LogP contribution in [0.2, 0.25) is 0 Å². The van der Waals surface area contributed by atoms with Gasteiger partial charge in [-0.15, -0.1) is 23.2 Å². The minimum Gasteiger partial charge on any atom is -0.504 e. The fourth-order valence-electron chi connectivity index (χ4n) is 7.38. The molecular formula is C30H21BrCl2F6N2O6. The molecule has 1 saturated carbocycles. The fraction of sp³-hybridized carbons (Fsp3) is 0.400. The number of hydrogen-bond donors (Lipinski definition) is 1. The molecule has 4 amide bonds. The van der Waals surface area contributed by atoms with Gasteiger partial charge in [0.1, 0.15) is 0 Å². The number of methoxy groups -OCH3 is 1. The van der Waals surface area contributed by atoms with Crippen molar-refractivity contribution in [2.75, 3.05) is 19.1 Å². The Labute approximate surface area is 280 Å². The Balaban J connectivity index is 1.53. The number of anilines is 1. The number of fused-ring (bicyclic) bond motifs is 4. The van der Waals surface area contributed by atoms with E-state index in [4.69, 9.17) is 27.9 Å². The molecule has 2 saturated heterocycles. The monoisotopic (exact) mass is 768 g/mol. The molecule has 250 valence electrons. The van der Waals surface area contributed by atoms with Crippen LogP contribution in [0, 0.1) is 17.8 Å². The summed E-state index contributed by atoms with van der Waals surface area (Å²) in [7, 11) is 2.41. The van der Waals surface area contributed by atoms with E-state index in [1.807, 2.05) is 0 Å². The molecule has 0 radical (unpaired) electrons. The average molecular weight is 770 g/mol. The third kappa shape index (κ3) is 4.62. The third-order valence-electron chi connectivity index (χ3n) is 9.45. The predicted octanol–water partition coefficient (Wildman–Crippen LogP) is 6.39. The highest BCUT2D eigenvalue weighted by Gasteiger charge is 2.76. The normalized spacial score (nSPS) is 30.7. The first-order chi connectivity index (χ1) is 21.7. The van der Waals surface area contributed by atoms with E-state index in [-0.39, 0.29) is 41.5 Å². The van der Waals surface area contributed by atoms with Gasteiger partial charge in [0.2, 0.25) is 11.8 Å². The summed E-state index contributed by atoms with van der Waals surface area (Å²) < 4.78 is 87.6. The van der Waals surface area contributed by atoms with Crippen molar-refractivity contribution in [3.63, 3.8) is 0 Å². The average Bonchev–Trinajstić information content (AvgIpc) is 3.32. The third-order valence-corrected chi connectivity index (χ3v) is 11.3. The molecule has 6 atom stereocenters. The van der Waals surface area contributed by atoms with Crippen molar-refractivity contribution in [2.24, 2.45) is 17.8 Å². The SMILES string of the molecule is COc1cc(Br)cc(C2C3=CCC4C(=O)N(c5cc(C(F)(F)F)cc(C(F)(F)F)c5)C(=O)C4C3CC3(Cl)C(=O)N(C)C(=O)C23Cl)c1O. The van der Waals surface area contributed by atoms with Crippen molar-refractivity contribution in [3.05, 3.63) is 63.1 Å². The summed E-state index contributed by atoms with van der Waals surface area (Å²) in [5.41, 5.74) is -4.17. The number of aromatic hydroxyl groups is 1. The fourth-order valence-corrected chi connectivity index (χ4v) is 8.85. The lowest BCUT2D eigenvalue weighted by atomic mass is 9.56. The molecule has 4 aliphatic rings. The number of phenols is 1. The van der Waals surface area contributed by atoms with E-state index in [2.05, 4.69) is 15.9 Å². The van der Waals surface area contributed by atoms with Gasteiger partial charge in [-0.1, -0.05) is 27.6 Å². The van der Waals surface area contributed by atoms with Crippen molar-refractivity contribution in [1.29, 1.82) is 0 Å². The van der Waals surface area contributed by atoms with E-state index >= 15 is 0 Å². The van der Waals surface area contributed by atoms with E-state index in [9.17, 15) is 50.6 Å². The van der Waals surface area contributed by atoms with Gasteiger partial charge >= 0.3 is 12.4 Å². The molecule has 6 unspecified atom stereocenters. The topological polar surface area (TPSA) is 104 Å². The maximum atomic E-state index is 14.1. The molecule has 2 aliphatic heterocycles. The summed E-state index contributed by atoms with van der Waals surface area (Å²) in [6, 6.07) is 3.27. The van der Waals surface area contributed by atoms with Crippen molar-refractivity contribution in [3.8, 4) is 11.5 Å². The molecule has 2 aromatic rings. The molecule has 0 aromatic heterocycles. The number of amides is 4. The molecule has 0 spiro atoms. The Morgan fingerprint density at radius 2 is 1.51 bits per heavy atom. The number of ether oxygens (including phenoxy) is 1. The zero-order chi connectivity index (χ0) is 34.8. The maximum Gasteiger partial charge on any atom is 0.416 e. The van der Waals surface area contributed by atoms with Gasteiger partial charge in [0.15, 0.2) is 21.2 Å². The van der Waals surface area contributed by atoms with Crippen LogP contribution in [0.25, 0.3) is 0 Å². The highest BCUT2D eigenvalue weighted by atomic mass is 79.9. The Hall–Kier alpha value is -3.30. The summed E-state index contributed by atoms with van der Waals surface area (Å²) in [4.78, 5) is 51.5. The lowest BCUT2D eigenvalue weighted by molar-refractivity contribution is -0.143. The maximum absolute atomic E-state index is 14.1. The minimum absolute atomic E-state index is 0.0246. The quantitative estimate of drug-likeness (QED) is 0.168. The van der Waals surface area contributed by atoms with E-state index < -0.39 is 98.4 Å². The standard InChI is InChI=1S/C30H21BrCl2F6N2O6/c1-40-25(45)27(32)10-18-15(21(28(27,33)26(40)46)17-8-13(31)9-19(47-2)22(17)42)3-4-16-20(18)24(44)41(23(16)43)14-6-11(29(34,35)36)5-12(7-14)30(37,38)39/h3,5-9,16,18,20-21,42H,4,10H2,1-2H3. The summed E-state index contributed by atoms with van der Waals surface area (Å²) in [5.74, 6) is -9.81. The van der Waals surface area contributed by atoms with Crippen molar-refractivity contribution >= 4 is 68.4 Å². The Bertz CT molecular complexity index is 1790. The van der Waals surface area contributed by atoms with Gasteiger partial charge < -0.3 is 9.84 Å². The van der Waals surface area contributed by atoms with Gasteiger partial charge in [-0.25, -0.2) is 4.90 Å². The zero-order valence-electron chi connectivity index (χ0n) is 24.0. The summed E-state index contributed by atoms with van der Waals surface area (Å²) in [6.07, 6.45) is -9.73.